The lowest BCUT2D eigenvalue weighted by molar-refractivity contribution is -0.138. The predicted octanol–water partition coefficient (Wildman–Crippen LogP) is -8.22. The van der Waals surface area contributed by atoms with Crippen LogP contribution in [0.25, 0.3) is 0 Å². The average Bonchev–Trinajstić information content (AvgIpc) is 0.844. The van der Waals surface area contributed by atoms with Crippen LogP contribution in [0.3, 0.4) is 0 Å². The number of primary amides is 5. The number of aliphatic hydroxyl groups is 1. The van der Waals surface area contributed by atoms with Crippen LogP contribution < -0.4 is 121 Å². The quantitative estimate of drug-likeness (QED) is 0.0164. The van der Waals surface area contributed by atoms with Gasteiger partial charge in [-0.3, -0.25) is 91.3 Å². The summed E-state index contributed by atoms with van der Waals surface area (Å²) >= 11 is 0. The van der Waals surface area contributed by atoms with Gasteiger partial charge in [-0.25, -0.2) is 0 Å². The minimum Gasteiger partial charge on any atom is -0.394 e. The third-order valence-electron chi connectivity index (χ3n) is 17.8. The fourth-order valence-corrected chi connectivity index (χ4v) is 11.0. The highest BCUT2D eigenvalue weighted by Crippen LogP contribution is 2.15. The Hall–Kier alpha value is -11.2. The largest absolute Gasteiger partial charge is 0.394 e. The van der Waals surface area contributed by atoms with E-state index in [0.717, 1.165) is 25.7 Å². The Morgan fingerprint density at radius 2 is 0.735 bits per heavy atom. The van der Waals surface area contributed by atoms with E-state index in [1.807, 2.05) is 0 Å². The van der Waals surface area contributed by atoms with Crippen LogP contribution in [0.15, 0.2) is 35.3 Å². The highest BCUT2D eigenvalue weighted by atomic mass is 16.3. The summed E-state index contributed by atoms with van der Waals surface area (Å²) in [4.78, 5) is 246. The average molecular weight is 1600 g/mol. The molecule has 0 saturated carbocycles. The Kier molecular flexibility index (Phi) is 46.7. The second kappa shape index (κ2) is 52.9. The molecule has 0 bridgehead atoms. The van der Waals surface area contributed by atoms with Crippen LogP contribution in [-0.4, -0.2) is 222 Å². The van der Waals surface area contributed by atoms with Gasteiger partial charge in [0.2, 0.25) is 106 Å². The van der Waals surface area contributed by atoms with E-state index in [-0.39, 0.29) is 63.9 Å². The summed E-state index contributed by atoms with van der Waals surface area (Å²) < 4.78 is 0. The maximum Gasteiger partial charge on any atom is 0.245 e. The molecular formula is C71H121N23O19. The van der Waals surface area contributed by atoms with E-state index in [2.05, 4.69) is 74.1 Å². The molecule has 32 N–H and O–H groups in total. The zero-order valence-corrected chi connectivity index (χ0v) is 65.6. The molecule has 0 spiro atoms. The molecule has 14 atom stereocenters. The van der Waals surface area contributed by atoms with E-state index in [1.165, 1.54) is 48.5 Å². The van der Waals surface area contributed by atoms with Crippen LogP contribution in [-0.2, 0) is 92.7 Å². The van der Waals surface area contributed by atoms with Gasteiger partial charge in [0.25, 0.3) is 0 Å². The number of nitrogens with one attached hydrogen (secondary N) is 13. The van der Waals surface area contributed by atoms with Crippen molar-refractivity contribution >= 4 is 112 Å². The molecule has 0 aromatic heterocycles. The van der Waals surface area contributed by atoms with Crippen molar-refractivity contribution in [3.8, 4) is 0 Å². The number of aliphatic imine (C=N–C) groups is 1. The molecule has 0 heterocycles. The molecule has 1 aromatic carbocycles. The number of rotatable bonds is 57. The molecule has 1 rings (SSSR count). The van der Waals surface area contributed by atoms with Gasteiger partial charge in [0, 0.05) is 25.8 Å². The van der Waals surface area contributed by atoms with Crippen molar-refractivity contribution in [2.75, 3.05) is 26.2 Å². The molecule has 0 saturated heterocycles. The normalized spacial score (nSPS) is 14.8. The maximum absolute atomic E-state index is 14.3. The number of benzene rings is 1. The SMILES string of the molecule is CC[C@H](C)[C@H](NC(=O)[C@H](CC(N)=O)NC(=O)[C@@H](NC(=O)[C@H](C)NC(=O)[C@H](C)NC(=O)[C@H](CCC(N)=O)NC(=O)[C@H](CCCCN)NC(=O)CCCCCCCN)C(C)C)C(=O)N[C@@H](CC(N)=O)C(=O)N[C@@H](CC(N)=O)C(=O)N[C@@H](CO)C(=O)N[C@H](C(=O)N[C@@H](Cc1ccccc1)C(=O)N[C@@H](CCCN=C(N)N)C(N)=O)C(C)C. The van der Waals surface area contributed by atoms with Crippen LogP contribution in [0.5, 0.6) is 0 Å². The maximum atomic E-state index is 14.3. The van der Waals surface area contributed by atoms with Crippen LogP contribution in [0, 0.1) is 17.8 Å². The number of hydrogen-bond acceptors (Lipinski definition) is 22. The van der Waals surface area contributed by atoms with Crippen LogP contribution in [0.4, 0.5) is 0 Å². The van der Waals surface area contributed by atoms with Crippen molar-refractivity contribution in [1.29, 1.82) is 0 Å². The van der Waals surface area contributed by atoms with E-state index < -0.39 is 228 Å². The van der Waals surface area contributed by atoms with Gasteiger partial charge in [-0.05, 0) is 102 Å². The van der Waals surface area contributed by atoms with Gasteiger partial charge < -0.3 is 126 Å². The number of nitrogens with two attached hydrogens (primary N) is 9. The zero-order chi connectivity index (χ0) is 85.8. The molecule has 0 aliphatic rings. The Morgan fingerprint density at radius 1 is 0.363 bits per heavy atom. The molecule has 634 valence electrons. The predicted molar refractivity (Wildman–Crippen MR) is 411 cm³/mol. The second-order valence-corrected chi connectivity index (χ2v) is 28.2. The second-order valence-electron chi connectivity index (χ2n) is 28.2. The molecule has 18 amide bonds. The van der Waals surface area contributed by atoms with Crippen molar-refractivity contribution in [2.45, 2.75) is 250 Å². The standard InChI is InChI=1S/C71H121N23O19/c1-9-38(6)57(94-66(109)48(34-53(77)99)89-68(111)55(36(2)3)92-60(103)40(8)82-59(102)39(7)83-61(104)44(26-27-50(74)96)86-62(105)43(23-17-19-29-73)84-54(100)25-16-11-10-12-18-28-72)70(113)90-47(33-52(76)98)64(107)87-46(32-51(75)97)65(108)91-49(35-95)67(110)93-56(37(4)5)69(112)88-45(31-41-21-14-13-15-22-41)63(106)85-42(58(78)101)24-20-30-81-71(79)80/h13-15,21-22,36-40,42-49,55-57,95H,9-12,16-20,23-35,72-73H2,1-8H3,(H2,74,96)(H2,75,97)(H2,76,98)(H2,77,99)(H2,78,101)(H,82,102)(H,83,104)(H,84,100)(H,85,106)(H,86,105)(H,87,107)(H,88,112)(H,89,111)(H,90,113)(H,91,108)(H,92,103)(H,93,110)(H,94,109)(H4,79,80,81)/t38-,39-,40-,42-,43-,44-,45-,46-,47-,48-,49-,55-,56-,57-/m0/s1. The number of unbranched alkanes of at least 4 members (excludes halogenated alkanes) is 5. The van der Waals surface area contributed by atoms with Crippen molar-refractivity contribution in [3.63, 3.8) is 0 Å². The fourth-order valence-electron chi connectivity index (χ4n) is 11.0. The number of amides is 18. The lowest BCUT2D eigenvalue weighted by atomic mass is 9.96. The molecule has 42 nitrogen and oxygen atoms in total. The van der Waals surface area contributed by atoms with Crippen molar-refractivity contribution in [1.82, 2.24) is 69.1 Å². The summed E-state index contributed by atoms with van der Waals surface area (Å²) in [6.45, 7) is 11.3. The van der Waals surface area contributed by atoms with E-state index in [0.29, 0.717) is 37.9 Å². The Labute approximate surface area is 656 Å². The van der Waals surface area contributed by atoms with Gasteiger partial charge in [-0.1, -0.05) is 97.6 Å². The first-order valence-corrected chi connectivity index (χ1v) is 37.6. The highest BCUT2D eigenvalue weighted by Gasteiger charge is 2.39. The summed E-state index contributed by atoms with van der Waals surface area (Å²) in [6.07, 6.45) is 1.75. The molecule has 0 aliphatic carbocycles. The molecule has 1 aromatic rings. The third-order valence-corrected chi connectivity index (χ3v) is 17.8. The third kappa shape index (κ3) is 39.5. The zero-order valence-electron chi connectivity index (χ0n) is 65.6. The number of carbonyl (C=O) groups is 18. The summed E-state index contributed by atoms with van der Waals surface area (Å²) in [7, 11) is 0. The van der Waals surface area contributed by atoms with Gasteiger partial charge >= 0.3 is 0 Å². The molecule has 0 radical (unpaired) electrons. The number of hydrogen-bond donors (Lipinski definition) is 23. The van der Waals surface area contributed by atoms with Gasteiger partial charge in [-0.15, -0.1) is 0 Å². The van der Waals surface area contributed by atoms with Crippen molar-refractivity contribution in [2.24, 2.45) is 74.3 Å². The number of nitrogens with zero attached hydrogens (tertiary/aromatic N) is 1. The first kappa shape index (κ1) is 99.8. The molecule has 42 heteroatoms. The van der Waals surface area contributed by atoms with Gasteiger partial charge in [-0.2, -0.15) is 0 Å². The summed E-state index contributed by atoms with van der Waals surface area (Å²) in [5.74, 6) is -21.2. The smallest absolute Gasteiger partial charge is 0.245 e. The van der Waals surface area contributed by atoms with Crippen molar-refractivity contribution in [3.05, 3.63) is 35.9 Å². The summed E-state index contributed by atoms with van der Waals surface area (Å²) in [5, 5.41) is 41.8. The molecule has 0 fully saturated rings. The first-order valence-electron chi connectivity index (χ1n) is 37.6. The van der Waals surface area contributed by atoms with Crippen molar-refractivity contribution < 1.29 is 91.4 Å². The molecule has 0 aliphatic heterocycles. The lowest BCUT2D eigenvalue weighted by Gasteiger charge is -2.30. The number of guanidine groups is 1. The Balaban J connectivity index is 3.40. The molecule has 113 heavy (non-hydrogen) atoms. The first-order chi connectivity index (χ1) is 53.1. The summed E-state index contributed by atoms with van der Waals surface area (Å²) in [5.41, 5.74) is 50.0. The number of carbonyl (C=O) groups excluding carboxylic acids is 18. The lowest BCUT2D eigenvalue weighted by Crippen LogP contribution is -2.62. The van der Waals surface area contributed by atoms with Gasteiger partial charge in [0.1, 0.15) is 78.5 Å². The van der Waals surface area contributed by atoms with E-state index in [4.69, 9.17) is 51.6 Å². The molecule has 0 unspecified atom stereocenters. The van der Waals surface area contributed by atoms with E-state index >= 15 is 0 Å². The van der Waals surface area contributed by atoms with Crippen LogP contribution in [0.1, 0.15) is 170 Å². The Morgan fingerprint density at radius 3 is 1.21 bits per heavy atom. The van der Waals surface area contributed by atoms with Crippen LogP contribution >= 0.6 is 0 Å². The topological polar surface area (TPSA) is 730 Å². The van der Waals surface area contributed by atoms with Crippen LogP contribution in [0.2, 0.25) is 0 Å². The monoisotopic (exact) mass is 1600 g/mol. The Bertz CT molecular complexity index is 3420. The van der Waals surface area contributed by atoms with Gasteiger partial charge in [0.15, 0.2) is 5.96 Å². The number of aliphatic hydroxyl groups excluding tert-OH is 1. The molecular weight excluding hydrogens is 1480 g/mol. The summed E-state index contributed by atoms with van der Waals surface area (Å²) in [6, 6.07) is -12.3. The minimum atomic E-state index is -2.04. The minimum absolute atomic E-state index is 0.00645. The highest BCUT2D eigenvalue weighted by molar-refractivity contribution is 6.02. The van der Waals surface area contributed by atoms with E-state index in [1.54, 1.807) is 37.3 Å². The van der Waals surface area contributed by atoms with Gasteiger partial charge in [0.05, 0.1) is 25.9 Å². The van der Waals surface area contributed by atoms with E-state index in [9.17, 15) is 91.4 Å². The fraction of sp³-hybridized carbons (Fsp3) is 0.648.